The van der Waals surface area contributed by atoms with Gasteiger partial charge in [0.1, 0.15) is 5.82 Å². The van der Waals surface area contributed by atoms with Crippen molar-refractivity contribution in [2.75, 3.05) is 5.75 Å². The van der Waals surface area contributed by atoms with Gasteiger partial charge in [0.05, 0.1) is 0 Å². The van der Waals surface area contributed by atoms with Crippen LogP contribution in [-0.4, -0.2) is 11.8 Å². The Morgan fingerprint density at radius 1 is 1.57 bits per heavy atom. The standard InChI is InChI=1S/C11H14FNS/c1-8(2)10(13)7-14-11-6-4-3-5-9(11)12/h3-6,10H,1,7,13H2,2H3. The molecule has 0 aliphatic rings. The first-order valence-corrected chi connectivity index (χ1v) is 5.38. The molecule has 1 rings (SSSR count). The van der Waals surface area contributed by atoms with E-state index in [1.165, 1.54) is 17.8 Å². The third-order valence-corrected chi connectivity index (χ3v) is 3.06. The molecule has 0 aromatic heterocycles. The number of rotatable bonds is 4. The lowest BCUT2D eigenvalue weighted by molar-refractivity contribution is 0.602. The van der Waals surface area contributed by atoms with Crippen molar-refractivity contribution < 1.29 is 4.39 Å². The van der Waals surface area contributed by atoms with E-state index in [2.05, 4.69) is 6.58 Å². The molecule has 0 heterocycles. The Bertz CT molecular complexity index is 325. The zero-order valence-corrected chi connectivity index (χ0v) is 8.98. The van der Waals surface area contributed by atoms with Crippen molar-refractivity contribution in [2.24, 2.45) is 5.73 Å². The van der Waals surface area contributed by atoms with Crippen molar-refractivity contribution in [3.8, 4) is 0 Å². The van der Waals surface area contributed by atoms with E-state index >= 15 is 0 Å². The highest BCUT2D eigenvalue weighted by molar-refractivity contribution is 7.99. The summed E-state index contributed by atoms with van der Waals surface area (Å²) >= 11 is 1.42. The highest BCUT2D eigenvalue weighted by atomic mass is 32.2. The van der Waals surface area contributed by atoms with Gasteiger partial charge in [-0.05, 0) is 19.1 Å². The molecule has 1 aromatic carbocycles. The first-order chi connectivity index (χ1) is 6.61. The van der Waals surface area contributed by atoms with Gasteiger partial charge in [-0.1, -0.05) is 24.3 Å². The Balaban J connectivity index is 2.54. The molecule has 0 aliphatic carbocycles. The number of hydrogen-bond donors (Lipinski definition) is 1. The van der Waals surface area contributed by atoms with Crippen LogP contribution in [0.1, 0.15) is 6.92 Å². The molecule has 0 bridgehead atoms. The summed E-state index contributed by atoms with van der Waals surface area (Å²) in [5.41, 5.74) is 6.70. The molecule has 1 atom stereocenters. The summed E-state index contributed by atoms with van der Waals surface area (Å²) in [4.78, 5) is 0.643. The quantitative estimate of drug-likeness (QED) is 0.612. The molecule has 3 heteroatoms. The van der Waals surface area contributed by atoms with E-state index < -0.39 is 0 Å². The van der Waals surface area contributed by atoms with Crippen LogP contribution in [0, 0.1) is 5.82 Å². The molecular formula is C11H14FNS. The number of halogens is 1. The molecule has 0 fully saturated rings. The number of nitrogens with two attached hydrogens (primary N) is 1. The van der Waals surface area contributed by atoms with E-state index in [-0.39, 0.29) is 11.9 Å². The second kappa shape index (κ2) is 5.17. The van der Waals surface area contributed by atoms with Gasteiger partial charge in [0.15, 0.2) is 0 Å². The van der Waals surface area contributed by atoms with E-state index in [1.807, 2.05) is 13.0 Å². The Hall–Kier alpha value is -0.800. The normalized spacial score (nSPS) is 12.5. The fourth-order valence-corrected chi connectivity index (χ4v) is 1.91. The molecule has 2 N–H and O–H groups in total. The minimum Gasteiger partial charge on any atom is -0.324 e. The zero-order valence-electron chi connectivity index (χ0n) is 8.16. The van der Waals surface area contributed by atoms with Gasteiger partial charge in [0.2, 0.25) is 0 Å². The van der Waals surface area contributed by atoms with Crippen LogP contribution >= 0.6 is 11.8 Å². The Kier molecular flexibility index (Phi) is 4.17. The maximum absolute atomic E-state index is 13.2. The van der Waals surface area contributed by atoms with Gasteiger partial charge in [-0.2, -0.15) is 0 Å². The minimum absolute atomic E-state index is 0.0698. The van der Waals surface area contributed by atoms with E-state index in [0.717, 1.165) is 5.57 Å². The third-order valence-electron chi connectivity index (χ3n) is 1.89. The van der Waals surface area contributed by atoms with Gasteiger partial charge >= 0.3 is 0 Å². The van der Waals surface area contributed by atoms with Crippen LogP contribution < -0.4 is 5.73 Å². The van der Waals surface area contributed by atoms with Crippen LogP contribution in [0.15, 0.2) is 41.3 Å². The zero-order chi connectivity index (χ0) is 10.6. The molecule has 0 aliphatic heterocycles. The summed E-state index contributed by atoms with van der Waals surface area (Å²) in [6.45, 7) is 5.64. The van der Waals surface area contributed by atoms with Gasteiger partial charge in [-0.3, -0.25) is 0 Å². The molecule has 0 saturated heterocycles. The van der Waals surface area contributed by atoms with Gasteiger partial charge in [-0.25, -0.2) is 4.39 Å². The Labute approximate surface area is 88.2 Å². The number of benzene rings is 1. The van der Waals surface area contributed by atoms with Crippen LogP contribution in [0.3, 0.4) is 0 Å². The summed E-state index contributed by atoms with van der Waals surface area (Å²) in [5, 5.41) is 0. The molecule has 0 saturated carbocycles. The second-order valence-corrected chi connectivity index (χ2v) is 4.26. The molecule has 1 nitrogen and oxygen atoms in total. The lowest BCUT2D eigenvalue weighted by atomic mass is 10.2. The van der Waals surface area contributed by atoms with Crippen molar-refractivity contribution in [3.63, 3.8) is 0 Å². The predicted molar refractivity (Wildman–Crippen MR) is 59.9 cm³/mol. The largest absolute Gasteiger partial charge is 0.324 e. The van der Waals surface area contributed by atoms with Gasteiger partial charge in [0, 0.05) is 16.7 Å². The summed E-state index contributed by atoms with van der Waals surface area (Å²) in [6.07, 6.45) is 0. The maximum atomic E-state index is 13.2. The number of hydrogen-bond acceptors (Lipinski definition) is 2. The van der Waals surface area contributed by atoms with Crippen LogP contribution in [0.2, 0.25) is 0 Å². The van der Waals surface area contributed by atoms with Crippen molar-refractivity contribution >= 4 is 11.8 Å². The molecule has 0 amide bonds. The maximum Gasteiger partial charge on any atom is 0.136 e. The van der Waals surface area contributed by atoms with E-state index in [0.29, 0.717) is 10.6 Å². The van der Waals surface area contributed by atoms with Crippen molar-refractivity contribution in [1.82, 2.24) is 0 Å². The molecular weight excluding hydrogens is 197 g/mol. The van der Waals surface area contributed by atoms with Crippen LogP contribution in [0.4, 0.5) is 4.39 Å². The fraction of sp³-hybridized carbons (Fsp3) is 0.273. The van der Waals surface area contributed by atoms with E-state index in [9.17, 15) is 4.39 Å². The second-order valence-electron chi connectivity index (χ2n) is 3.19. The highest BCUT2D eigenvalue weighted by Crippen LogP contribution is 2.22. The third kappa shape index (κ3) is 3.16. The van der Waals surface area contributed by atoms with Gasteiger partial charge < -0.3 is 5.73 Å². The minimum atomic E-state index is -0.189. The van der Waals surface area contributed by atoms with E-state index in [1.54, 1.807) is 12.1 Å². The first-order valence-electron chi connectivity index (χ1n) is 4.39. The monoisotopic (exact) mass is 211 g/mol. The van der Waals surface area contributed by atoms with Crippen molar-refractivity contribution in [1.29, 1.82) is 0 Å². The Morgan fingerprint density at radius 2 is 2.21 bits per heavy atom. The fourth-order valence-electron chi connectivity index (χ4n) is 0.884. The number of thioether (sulfide) groups is 1. The highest BCUT2D eigenvalue weighted by Gasteiger charge is 2.06. The summed E-state index contributed by atoms with van der Waals surface area (Å²) in [5.74, 6) is 0.474. The summed E-state index contributed by atoms with van der Waals surface area (Å²) < 4.78 is 13.2. The summed E-state index contributed by atoms with van der Waals surface area (Å²) in [6, 6.07) is 6.63. The molecule has 1 unspecified atom stereocenters. The molecule has 0 spiro atoms. The average Bonchev–Trinajstić information content (AvgIpc) is 2.16. The van der Waals surface area contributed by atoms with Gasteiger partial charge in [0.25, 0.3) is 0 Å². The van der Waals surface area contributed by atoms with Gasteiger partial charge in [-0.15, -0.1) is 11.8 Å². The van der Waals surface area contributed by atoms with Crippen LogP contribution in [0.5, 0.6) is 0 Å². The SMILES string of the molecule is C=C(C)C(N)CSc1ccccc1F. The van der Waals surface area contributed by atoms with Crippen molar-refractivity contribution in [3.05, 3.63) is 42.2 Å². The first kappa shape index (κ1) is 11.3. The molecule has 76 valence electrons. The lowest BCUT2D eigenvalue weighted by Crippen LogP contribution is -2.23. The summed E-state index contributed by atoms with van der Waals surface area (Å²) in [7, 11) is 0. The average molecular weight is 211 g/mol. The lowest BCUT2D eigenvalue weighted by Gasteiger charge is -2.10. The van der Waals surface area contributed by atoms with Crippen LogP contribution in [-0.2, 0) is 0 Å². The van der Waals surface area contributed by atoms with Crippen molar-refractivity contribution in [2.45, 2.75) is 17.9 Å². The molecule has 14 heavy (non-hydrogen) atoms. The topological polar surface area (TPSA) is 26.0 Å². The smallest absolute Gasteiger partial charge is 0.136 e. The van der Waals surface area contributed by atoms with E-state index in [4.69, 9.17) is 5.73 Å². The molecule has 1 aromatic rings. The Morgan fingerprint density at radius 3 is 2.79 bits per heavy atom. The molecule has 0 radical (unpaired) electrons. The predicted octanol–water partition coefficient (Wildman–Crippen LogP) is 2.82. The van der Waals surface area contributed by atoms with Crippen LogP contribution in [0.25, 0.3) is 0 Å².